The SMILES string of the molecule is Cc1nn(C)cc1-c1nc2ccc(C#N)cc2n1C. The molecule has 0 radical (unpaired) electrons. The topological polar surface area (TPSA) is 59.4 Å². The Kier molecular flexibility index (Phi) is 2.39. The van der Waals surface area contributed by atoms with Crippen molar-refractivity contribution >= 4 is 11.0 Å². The smallest absolute Gasteiger partial charge is 0.144 e. The van der Waals surface area contributed by atoms with Crippen LogP contribution in [0.25, 0.3) is 22.4 Å². The Morgan fingerprint density at radius 1 is 1.26 bits per heavy atom. The van der Waals surface area contributed by atoms with Crippen molar-refractivity contribution in [2.24, 2.45) is 14.1 Å². The highest BCUT2D eigenvalue weighted by Gasteiger charge is 2.14. The van der Waals surface area contributed by atoms with Crippen LogP contribution >= 0.6 is 0 Å². The summed E-state index contributed by atoms with van der Waals surface area (Å²) in [6.07, 6.45) is 1.96. The second kappa shape index (κ2) is 3.95. The van der Waals surface area contributed by atoms with E-state index in [1.807, 2.05) is 43.9 Å². The molecule has 3 aromatic rings. The molecular weight excluding hydrogens is 238 g/mol. The highest BCUT2D eigenvalue weighted by atomic mass is 15.3. The molecule has 0 saturated carbocycles. The Labute approximate surface area is 110 Å². The summed E-state index contributed by atoms with van der Waals surface area (Å²) in [5.74, 6) is 0.871. The van der Waals surface area contributed by atoms with E-state index in [9.17, 15) is 0 Å². The molecule has 3 rings (SSSR count). The first kappa shape index (κ1) is 11.5. The molecule has 2 heterocycles. The molecule has 0 fully saturated rings. The molecule has 0 atom stereocenters. The molecule has 0 aliphatic rings. The number of hydrogen-bond acceptors (Lipinski definition) is 3. The van der Waals surface area contributed by atoms with Gasteiger partial charge in [-0.2, -0.15) is 10.4 Å². The van der Waals surface area contributed by atoms with Crippen LogP contribution in [0.2, 0.25) is 0 Å². The average molecular weight is 251 g/mol. The first-order valence-electron chi connectivity index (χ1n) is 5.97. The summed E-state index contributed by atoms with van der Waals surface area (Å²) < 4.78 is 3.78. The van der Waals surface area contributed by atoms with E-state index in [2.05, 4.69) is 16.2 Å². The monoisotopic (exact) mass is 251 g/mol. The lowest BCUT2D eigenvalue weighted by atomic mass is 10.2. The Bertz CT molecular complexity index is 816. The molecule has 94 valence electrons. The number of benzene rings is 1. The van der Waals surface area contributed by atoms with Gasteiger partial charge >= 0.3 is 0 Å². The second-order valence-electron chi connectivity index (χ2n) is 4.61. The Hall–Kier alpha value is -2.61. The maximum atomic E-state index is 8.97. The molecule has 2 aromatic heterocycles. The summed E-state index contributed by atoms with van der Waals surface area (Å²) in [7, 11) is 3.85. The number of aromatic nitrogens is 4. The van der Waals surface area contributed by atoms with Crippen molar-refractivity contribution in [1.29, 1.82) is 5.26 Å². The molecule has 5 nitrogen and oxygen atoms in total. The van der Waals surface area contributed by atoms with Gasteiger partial charge in [-0.3, -0.25) is 4.68 Å². The average Bonchev–Trinajstić information content (AvgIpc) is 2.89. The van der Waals surface area contributed by atoms with Gasteiger partial charge in [-0.1, -0.05) is 0 Å². The lowest BCUT2D eigenvalue weighted by Crippen LogP contribution is -1.93. The van der Waals surface area contributed by atoms with E-state index in [4.69, 9.17) is 5.26 Å². The van der Waals surface area contributed by atoms with Gasteiger partial charge in [0.15, 0.2) is 0 Å². The molecule has 0 spiro atoms. The molecule has 1 aromatic carbocycles. The van der Waals surface area contributed by atoms with Crippen LogP contribution in [0.1, 0.15) is 11.3 Å². The largest absolute Gasteiger partial charge is 0.327 e. The Morgan fingerprint density at radius 3 is 2.68 bits per heavy atom. The van der Waals surface area contributed by atoms with Crippen LogP contribution in [-0.4, -0.2) is 19.3 Å². The van der Waals surface area contributed by atoms with Crippen LogP contribution in [-0.2, 0) is 14.1 Å². The molecule has 0 unspecified atom stereocenters. The van der Waals surface area contributed by atoms with Gasteiger partial charge in [0, 0.05) is 20.3 Å². The van der Waals surface area contributed by atoms with Crippen LogP contribution in [0.15, 0.2) is 24.4 Å². The number of fused-ring (bicyclic) bond motifs is 1. The lowest BCUT2D eigenvalue weighted by molar-refractivity contribution is 0.756. The van der Waals surface area contributed by atoms with Crippen molar-refractivity contribution in [2.45, 2.75) is 6.92 Å². The number of imidazole rings is 1. The van der Waals surface area contributed by atoms with Gasteiger partial charge in [-0.15, -0.1) is 0 Å². The van der Waals surface area contributed by atoms with E-state index >= 15 is 0 Å². The van der Waals surface area contributed by atoms with Gasteiger partial charge in [0.2, 0.25) is 0 Å². The molecule has 0 aliphatic heterocycles. The van der Waals surface area contributed by atoms with Gasteiger partial charge in [-0.25, -0.2) is 4.98 Å². The van der Waals surface area contributed by atoms with E-state index in [1.54, 1.807) is 10.7 Å². The highest BCUT2D eigenvalue weighted by Crippen LogP contribution is 2.26. The summed E-state index contributed by atoms with van der Waals surface area (Å²) in [6.45, 7) is 1.97. The van der Waals surface area contributed by atoms with Crippen molar-refractivity contribution in [2.75, 3.05) is 0 Å². The molecule has 0 amide bonds. The predicted octanol–water partition coefficient (Wildman–Crippen LogP) is 2.15. The lowest BCUT2D eigenvalue weighted by Gasteiger charge is -2.00. The third kappa shape index (κ3) is 1.69. The van der Waals surface area contributed by atoms with E-state index in [1.165, 1.54) is 0 Å². The molecule has 0 saturated heterocycles. The first-order chi connectivity index (χ1) is 9.10. The third-order valence-corrected chi connectivity index (χ3v) is 3.26. The standard InChI is InChI=1S/C14H13N5/c1-9-11(8-18(2)17-9)14-16-12-5-4-10(7-15)6-13(12)19(14)3/h4-6,8H,1-3H3. The molecule has 5 heteroatoms. The quantitative estimate of drug-likeness (QED) is 0.665. The molecule has 0 aliphatic carbocycles. The zero-order chi connectivity index (χ0) is 13.6. The minimum Gasteiger partial charge on any atom is -0.327 e. The maximum absolute atomic E-state index is 8.97. The van der Waals surface area contributed by atoms with Crippen LogP contribution < -0.4 is 0 Å². The minimum absolute atomic E-state index is 0.643. The van der Waals surface area contributed by atoms with Crippen molar-refractivity contribution in [3.05, 3.63) is 35.7 Å². The van der Waals surface area contributed by atoms with Crippen molar-refractivity contribution in [3.63, 3.8) is 0 Å². The van der Waals surface area contributed by atoms with Crippen molar-refractivity contribution < 1.29 is 0 Å². The Balaban J connectivity index is 2.29. The summed E-state index contributed by atoms with van der Waals surface area (Å²) >= 11 is 0. The summed E-state index contributed by atoms with van der Waals surface area (Å²) in [4.78, 5) is 4.63. The third-order valence-electron chi connectivity index (χ3n) is 3.26. The van der Waals surface area contributed by atoms with Crippen molar-refractivity contribution in [1.82, 2.24) is 19.3 Å². The Morgan fingerprint density at radius 2 is 2.05 bits per heavy atom. The second-order valence-corrected chi connectivity index (χ2v) is 4.61. The molecular formula is C14H13N5. The zero-order valence-electron chi connectivity index (χ0n) is 11.0. The zero-order valence-corrected chi connectivity index (χ0v) is 11.0. The van der Waals surface area contributed by atoms with Gasteiger partial charge in [-0.05, 0) is 25.1 Å². The van der Waals surface area contributed by atoms with Crippen LogP contribution in [0.4, 0.5) is 0 Å². The summed E-state index contributed by atoms with van der Waals surface area (Å²) in [5.41, 5.74) is 4.45. The van der Waals surface area contributed by atoms with E-state index in [-0.39, 0.29) is 0 Å². The van der Waals surface area contributed by atoms with Crippen molar-refractivity contribution in [3.8, 4) is 17.5 Å². The number of nitrogens with zero attached hydrogens (tertiary/aromatic N) is 5. The fourth-order valence-corrected chi connectivity index (χ4v) is 2.32. The molecule has 0 N–H and O–H groups in total. The van der Waals surface area contributed by atoms with E-state index in [0.29, 0.717) is 5.56 Å². The predicted molar refractivity (Wildman–Crippen MR) is 72.4 cm³/mol. The molecule has 19 heavy (non-hydrogen) atoms. The highest BCUT2D eigenvalue weighted by molar-refractivity contribution is 5.82. The van der Waals surface area contributed by atoms with Gasteiger partial charge in [0.25, 0.3) is 0 Å². The number of aryl methyl sites for hydroxylation is 3. The number of rotatable bonds is 1. The van der Waals surface area contributed by atoms with E-state index < -0.39 is 0 Å². The maximum Gasteiger partial charge on any atom is 0.144 e. The van der Waals surface area contributed by atoms with Gasteiger partial charge in [0.05, 0.1) is 33.9 Å². The first-order valence-corrected chi connectivity index (χ1v) is 5.97. The fourth-order valence-electron chi connectivity index (χ4n) is 2.32. The van der Waals surface area contributed by atoms with E-state index in [0.717, 1.165) is 28.1 Å². The normalized spacial score (nSPS) is 10.8. The van der Waals surface area contributed by atoms with Gasteiger partial charge < -0.3 is 4.57 Å². The summed E-state index contributed by atoms with van der Waals surface area (Å²) in [6, 6.07) is 7.68. The van der Waals surface area contributed by atoms with Crippen LogP contribution in [0, 0.1) is 18.3 Å². The van der Waals surface area contributed by atoms with Gasteiger partial charge in [0.1, 0.15) is 5.82 Å². The van der Waals surface area contributed by atoms with Crippen LogP contribution in [0.5, 0.6) is 0 Å². The minimum atomic E-state index is 0.643. The van der Waals surface area contributed by atoms with Crippen LogP contribution in [0.3, 0.4) is 0 Å². The fraction of sp³-hybridized carbons (Fsp3) is 0.214. The number of nitriles is 1. The number of hydrogen-bond donors (Lipinski definition) is 0. The molecule has 0 bridgehead atoms. The summed E-state index contributed by atoms with van der Waals surface area (Å²) in [5, 5.41) is 13.3.